The third-order valence-electron chi connectivity index (χ3n) is 9.04. The highest BCUT2D eigenvalue weighted by atomic mass is 19.4. The van der Waals surface area contributed by atoms with E-state index in [9.17, 15) is 31.1 Å². The van der Waals surface area contributed by atoms with Gasteiger partial charge in [0.2, 0.25) is 0 Å². The normalized spacial score (nSPS) is 19.7. The number of anilines is 1. The highest BCUT2D eigenvalue weighted by Gasteiger charge is 2.43. The van der Waals surface area contributed by atoms with Gasteiger partial charge in [0.1, 0.15) is 11.9 Å². The highest BCUT2D eigenvalue weighted by molar-refractivity contribution is 5.73. The van der Waals surface area contributed by atoms with Gasteiger partial charge in [0.25, 0.3) is 0 Å². The molecule has 0 spiro atoms. The van der Waals surface area contributed by atoms with Crippen LogP contribution in [-0.4, -0.2) is 44.4 Å². The van der Waals surface area contributed by atoms with Crippen molar-refractivity contribution in [2.24, 2.45) is 7.05 Å². The molecule has 0 bridgehead atoms. The number of cyclic esters (lactones) is 1. The van der Waals surface area contributed by atoms with Gasteiger partial charge in [-0.1, -0.05) is 19.3 Å². The van der Waals surface area contributed by atoms with Crippen LogP contribution in [0.15, 0.2) is 30.5 Å². The van der Waals surface area contributed by atoms with Crippen LogP contribution in [0.4, 0.5) is 37.0 Å². The van der Waals surface area contributed by atoms with E-state index in [1.165, 1.54) is 4.90 Å². The number of halogens is 6. The van der Waals surface area contributed by atoms with Crippen LogP contribution >= 0.6 is 0 Å². The Morgan fingerprint density at radius 3 is 2.13 bits per heavy atom. The van der Waals surface area contributed by atoms with E-state index in [4.69, 9.17) is 9.72 Å². The number of rotatable bonds is 7. The first kappa shape index (κ1) is 32.6. The molecule has 1 aliphatic carbocycles. The summed E-state index contributed by atoms with van der Waals surface area (Å²) >= 11 is 0. The fourth-order valence-electron chi connectivity index (χ4n) is 6.67. The van der Waals surface area contributed by atoms with Crippen molar-refractivity contribution in [2.75, 3.05) is 11.4 Å². The van der Waals surface area contributed by atoms with Crippen LogP contribution < -0.4 is 4.90 Å². The molecular weight excluding hydrogens is 600 g/mol. The average Bonchev–Trinajstić information content (AvgIpc) is 3.41. The zero-order valence-electron chi connectivity index (χ0n) is 25.9. The van der Waals surface area contributed by atoms with Gasteiger partial charge in [0, 0.05) is 48.2 Å². The summed E-state index contributed by atoms with van der Waals surface area (Å²) in [5, 5.41) is 4.52. The number of hydrogen-bond donors (Lipinski definition) is 0. The molecule has 1 amide bonds. The van der Waals surface area contributed by atoms with E-state index in [-0.39, 0.29) is 24.2 Å². The number of alkyl halides is 6. The average molecular weight is 638 g/mol. The number of nitrogens with zero attached hydrogens (tertiary/aromatic N) is 5. The van der Waals surface area contributed by atoms with E-state index < -0.39 is 41.7 Å². The minimum absolute atomic E-state index is 0.000655. The molecule has 5 rings (SSSR count). The van der Waals surface area contributed by atoms with Gasteiger partial charge in [-0.05, 0) is 70.4 Å². The van der Waals surface area contributed by atoms with Crippen molar-refractivity contribution in [3.63, 3.8) is 0 Å². The molecule has 45 heavy (non-hydrogen) atoms. The van der Waals surface area contributed by atoms with Crippen LogP contribution in [0, 0.1) is 13.8 Å². The zero-order chi connectivity index (χ0) is 32.8. The maximum absolute atomic E-state index is 13.6. The van der Waals surface area contributed by atoms with Crippen molar-refractivity contribution in [2.45, 2.75) is 96.9 Å². The molecule has 13 heteroatoms. The third-order valence-corrected chi connectivity index (χ3v) is 9.04. The molecule has 2 atom stereocenters. The molecule has 3 heterocycles. The predicted octanol–water partition coefficient (Wildman–Crippen LogP) is 8.38. The molecular formula is C32H37F6N5O2. The van der Waals surface area contributed by atoms with Crippen molar-refractivity contribution < 1.29 is 35.9 Å². The first-order valence-corrected chi connectivity index (χ1v) is 15.1. The maximum atomic E-state index is 13.6. The minimum atomic E-state index is -5.02. The smallest absolute Gasteiger partial charge is 0.416 e. The van der Waals surface area contributed by atoms with Crippen molar-refractivity contribution >= 4 is 11.9 Å². The first-order valence-electron chi connectivity index (χ1n) is 15.1. The van der Waals surface area contributed by atoms with Gasteiger partial charge < -0.3 is 9.64 Å². The lowest BCUT2D eigenvalue weighted by molar-refractivity contribution is -0.143. The summed E-state index contributed by atoms with van der Waals surface area (Å²) in [7, 11) is 1.84. The fourth-order valence-corrected chi connectivity index (χ4v) is 6.67. The topological polar surface area (TPSA) is 63.5 Å². The quantitative estimate of drug-likeness (QED) is 0.244. The van der Waals surface area contributed by atoms with Crippen LogP contribution in [-0.2, 0) is 30.7 Å². The van der Waals surface area contributed by atoms with E-state index in [1.54, 1.807) is 17.8 Å². The second kappa shape index (κ2) is 12.2. The Labute approximate surface area is 258 Å². The Hall–Kier alpha value is -3.77. The fraction of sp³-hybridized carbons (Fsp3) is 0.531. The lowest BCUT2D eigenvalue weighted by Crippen LogP contribution is -2.39. The van der Waals surface area contributed by atoms with E-state index in [1.807, 2.05) is 33.9 Å². The van der Waals surface area contributed by atoms with Crippen LogP contribution in [0.1, 0.15) is 85.7 Å². The van der Waals surface area contributed by atoms with E-state index in [2.05, 4.69) is 10.00 Å². The Balaban J connectivity index is 1.55. The second-order valence-corrected chi connectivity index (χ2v) is 12.0. The molecule has 0 N–H and O–H groups in total. The van der Waals surface area contributed by atoms with Crippen LogP contribution in [0.2, 0.25) is 0 Å². The number of pyridine rings is 1. The molecule has 1 saturated carbocycles. The van der Waals surface area contributed by atoms with Gasteiger partial charge in [0.05, 0.1) is 29.4 Å². The van der Waals surface area contributed by atoms with Gasteiger partial charge in [-0.15, -0.1) is 0 Å². The third kappa shape index (κ3) is 6.48. The van der Waals surface area contributed by atoms with Crippen molar-refractivity contribution in [3.05, 3.63) is 64.1 Å². The zero-order valence-corrected chi connectivity index (χ0v) is 25.9. The van der Waals surface area contributed by atoms with Crippen LogP contribution in [0.3, 0.4) is 0 Å². The van der Waals surface area contributed by atoms with Crippen molar-refractivity contribution in [3.8, 4) is 11.1 Å². The summed E-state index contributed by atoms with van der Waals surface area (Å²) in [6, 6.07) is 2.64. The lowest BCUT2D eigenvalue weighted by Gasteiger charge is -2.36. The summed E-state index contributed by atoms with van der Waals surface area (Å²) in [5.41, 5.74) is 0.834. The molecule has 2 aliphatic rings. The van der Waals surface area contributed by atoms with Gasteiger partial charge >= 0.3 is 18.4 Å². The van der Waals surface area contributed by atoms with E-state index >= 15 is 0 Å². The van der Waals surface area contributed by atoms with Gasteiger partial charge in [-0.25, -0.2) is 9.78 Å². The van der Waals surface area contributed by atoms with Gasteiger partial charge in [-0.2, -0.15) is 31.4 Å². The number of aryl methyl sites for hydroxylation is 2. The molecule has 1 saturated heterocycles. The van der Waals surface area contributed by atoms with Crippen LogP contribution in [0.25, 0.3) is 11.1 Å². The van der Waals surface area contributed by atoms with E-state index in [0.29, 0.717) is 30.1 Å². The Bertz CT molecular complexity index is 1530. The molecule has 3 aromatic rings. The standard InChI is InChI=1S/C32H37F6N5O2/c1-6-42(26-10-8-7-9-11-26)29-23(12-22(16-39-29)27-18(2)40-41(5)19(27)3)17-43-20(4)28(45-30(43)44)21-13-24(31(33,34)35)15-25(14-21)32(36,37)38/h12-16,20,26,28H,6-11,17H2,1-5H3/t20-,28-/m0/s1. The summed E-state index contributed by atoms with van der Waals surface area (Å²) in [6.45, 7) is 8.11. The number of hydrogen-bond acceptors (Lipinski definition) is 5. The number of ether oxygens (including phenoxy) is 1. The molecule has 1 aliphatic heterocycles. The number of amides is 1. The van der Waals surface area contributed by atoms with Gasteiger partial charge in [0.15, 0.2) is 0 Å². The number of carbonyl (C=O) groups excluding carboxylic acids is 1. The SMILES string of the molecule is CCN(c1ncc(-c2c(C)nn(C)c2C)cc1CN1C(=O)O[C@H](c2cc(C(F)(F)F)cc(C(F)(F)F)c2)[C@@H]1C)C1CCCCC1. The molecule has 2 aromatic heterocycles. The Morgan fingerprint density at radius 2 is 1.60 bits per heavy atom. The first-order chi connectivity index (χ1) is 21.1. The maximum Gasteiger partial charge on any atom is 0.416 e. The molecule has 7 nitrogen and oxygen atoms in total. The number of aromatic nitrogens is 3. The van der Waals surface area contributed by atoms with Crippen molar-refractivity contribution in [1.29, 1.82) is 0 Å². The molecule has 2 fully saturated rings. The van der Waals surface area contributed by atoms with E-state index in [0.717, 1.165) is 54.6 Å². The Morgan fingerprint density at radius 1 is 0.978 bits per heavy atom. The molecule has 0 unspecified atom stereocenters. The molecule has 0 radical (unpaired) electrons. The lowest BCUT2D eigenvalue weighted by atomic mass is 9.93. The second-order valence-electron chi connectivity index (χ2n) is 12.0. The summed E-state index contributed by atoms with van der Waals surface area (Å²) < 4.78 is 88.9. The van der Waals surface area contributed by atoms with Gasteiger partial charge in [-0.3, -0.25) is 9.58 Å². The number of carbonyl (C=O) groups is 1. The number of benzene rings is 1. The predicted molar refractivity (Wildman–Crippen MR) is 156 cm³/mol. The van der Waals surface area contributed by atoms with Crippen LogP contribution in [0.5, 0.6) is 0 Å². The largest absolute Gasteiger partial charge is 0.439 e. The molecule has 244 valence electrons. The van der Waals surface area contributed by atoms with Crippen molar-refractivity contribution in [1.82, 2.24) is 19.7 Å². The summed E-state index contributed by atoms with van der Waals surface area (Å²) in [6.07, 6.45) is -5.07. The highest BCUT2D eigenvalue weighted by Crippen LogP contribution is 2.42. The minimum Gasteiger partial charge on any atom is -0.439 e. The summed E-state index contributed by atoms with van der Waals surface area (Å²) in [5.74, 6) is 0.689. The summed E-state index contributed by atoms with van der Waals surface area (Å²) in [4.78, 5) is 21.7. The monoisotopic (exact) mass is 637 g/mol. The Kier molecular flexibility index (Phi) is 8.85. The molecule has 1 aromatic carbocycles.